The van der Waals surface area contributed by atoms with Crippen LogP contribution in [-0.4, -0.2) is 26.4 Å². The molecule has 0 fully saturated rings. The molecule has 0 bridgehead atoms. The molecule has 7 heteroatoms. The number of nitrogens with zero attached hydrogens (tertiary/aromatic N) is 4. The van der Waals surface area contributed by atoms with Crippen molar-refractivity contribution in [3.05, 3.63) is 179 Å². The molecule has 0 N–H and O–H groups in total. The fourth-order valence-electron chi connectivity index (χ4n) is 8.38. The Labute approximate surface area is 336 Å². The van der Waals surface area contributed by atoms with Crippen molar-refractivity contribution in [1.82, 2.24) is 19.3 Å². The van der Waals surface area contributed by atoms with E-state index in [4.69, 9.17) is 19.6 Å². The molecular formula is C48H40N4O2Pt. The van der Waals surface area contributed by atoms with Crippen LogP contribution in [0.15, 0.2) is 134 Å². The van der Waals surface area contributed by atoms with E-state index in [0.717, 1.165) is 68.9 Å². The molecule has 0 saturated heterocycles. The fraction of sp³-hybridized carbons (Fsp3) is 0.167. The predicted octanol–water partition coefficient (Wildman–Crippen LogP) is 11.4. The summed E-state index contributed by atoms with van der Waals surface area (Å²) in [5.74, 6) is 3.15. The van der Waals surface area contributed by atoms with Crippen molar-refractivity contribution in [1.29, 1.82) is 0 Å². The second-order valence-electron chi connectivity index (χ2n) is 14.1. The molecule has 0 radical (unpaired) electrons. The number of fused-ring (bicyclic) bond motifs is 3. The van der Waals surface area contributed by atoms with Crippen molar-refractivity contribution in [2.75, 3.05) is 7.11 Å². The van der Waals surface area contributed by atoms with Gasteiger partial charge in [-0.1, -0.05) is 97.4 Å². The predicted molar refractivity (Wildman–Crippen MR) is 216 cm³/mol. The van der Waals surface area contributed by atoms with Gasteiger partial charge in [-0.05, 0) is 72.5 Å². The normalized spacial score (nSPS) is 15.5. The molecule has 1 aliphatic rings. The monoisotopic (exact) mass is 899 g/mol. The molecule has 5 aromatic carbocycles. The summed E-state index contributed by atoms with van der Waals surface area (Å²) in [7, 11) is 1.67. The standard InChI is InChI=1S/C48H40N4O2.Pt/c1-31-26-36(52-33(3)47(32(2)50-52)48-40(34-14-7-5-8-15-34)19-13-20-41(48)35-16-9-6-10-17-35)28-39(27-31)54-38-22-23-43-42-18-11-12-21-44(42)51(45(43)29-38)46-30-37(53-4)24-25-49-46;/h5-12,14-19,21-27,30,41,48H,13,20H2,1-4H3;/q-2;+2/t41-,48?;/m1./s1. The Morgan fingerprint density at radius 1 is 0.764 bits per heavy atom. The number of rotatable bonds is 8. The maximum Gasteiger partial charge on any atom is 2.00 e. The van der Waals surface area contributed by atoms with Gasteiger partial charge in [0.2, 0.25) is 0 Å². The molecular weight excluding hydrogens is 860 g/mol. The van der Waals surface area contributed by atoms with Crippen LogP contribution in [0.2, 0.25) is 0 Å². The Morgan fingerprint density at radius 3 is 2.33 bits per heavy atom. The van der Waals surface area contributed by atoms with Gasteiger partial charge in [-0.3, -0.25) is 4.68 Å². The minimum atomic E-state index is 0. The third-order valence-corrected chi connectivity index (χ3v) is 10.7. The molecule has 1 aliphatic carbocycles. The van der Waals surface area contributed by atoms with E-state index < -0.39 is 0 Å². The van der Waals surface area contributed by atoms with Crippen LogP contribution in [-0.2, 0) is 21.1 Å². The minimum absolute atomic E-state index is 0. The number of hydrogen-bond donors (Lipinski definition) is 0. The topological polar surface area (TPSA) is 54.1 Å². The molecule has 8 aromatic rings. The molecule has 2 atom stereocenters. The van der Waals surface area contributed by atoms with E-state index >= 15 is 0 Å². The zero-order valence-corrected chi connectivity index (χ0v) is 33.5. The van der Waals surface area contributed by atoms with Gasteiger partial charge in [0.1, 0.15) is 11.6 Å². The van der Waals surface area contributed by atoms with Crippen LogP contribution in [0.25, 0.3) is 38.9 Å². The van der Waals surface area contributed by atoms with E-state index in [-0.39, 0.29) is 27.0 Å². The maximum absolute atomic E-state index is 6.58. The molecule has 55 heavy (non-hydrogen) atoms. The van der Waals surface area contributed by atoms with Crippen LogP contribution >= 0.6 is 0 Å². The van der Waals surface area contributed by atoms with Crippen LogP contribution in [0.1, 0.15) is 58.3 Å². The van der Waals surface area contributed by atoms with Crippen LogP contribution < -0.4 is 9.47 Å². The Morgan fingerprint density at radius 2 is 1.53 bits per heavy atom. The first-order chi connectivity index (χ1) is 26.5. The van der Waals surface area contributed by atoms with E-state index in [1.807, 2.05) is 35.0 Å². The Kier molecular flexibility index (Phi) is 10.0. The van der Waals surface area contributed by atoms with Crippen LogP contribution in [0.3, 0.4) is 0 Å². The summed E-state index contributed by atoms with van der Waals surface area (Å²) >= 11 is 0. The van der Waals surface area contributed by atoms with Crippen molar-refractivity contribution in [3.63, 3.8) is 0 Å². The molecule has 0 spiro atoms. The summed E-state index contributed by atoms with van der Waals surface area (Å²) in [6, 6.07) is 49.2. The molecule has 0 amide bonds. The Hall–Kier alpha value is -5.71. The number of hydrogen-bond acceptors (Lipinski definition) is 4. The van der Waals surface area contributed by atoms with Crippen LogP contribution in [0.5, 0.6) is 17.2 Å². The largest absolute Gasteiger partial charge is 2.00 e. The van der Waals surface area contributed by atoms with Crippen LogP contribution in [0, 0.1) is 32.9 Å². The molecule has 0 aliphatic heterocycles. The van der Waals surface area contributed by atoms with E-state index in [1.165, 1.54) is 22.3 Å². The number of allylic oxidation sites excluding steroid dienone is 2. The van der Waals surface area contributed by atoms with Gasteiger partial charge in [0, 0.05) is 46.5 Å². The summed E-state index contributed by atoms with van der Waals surface area (Å²) in [6.07, 6.45) is 6.32. The smallest absolute Gasteiger partial charge is 0.509 e. The number of aromatic nitrogens is 4. The molecule has 1 unspecified atom stereocenters. The van der Waals surface area contributed by atoms with Crippen molar-refractivity contribution in [2.45, 2.75) is 45.4 Å². The minimum Gasteiger partial charge on any atom is -0.509 e. The molecule has 3 aromatic heterocycles. The first kappa shape index (κ1) is 36.3. The summed E-state index contributed by atoms with van der Waals surface area (Å²) in [5.41, 5.74) is 11.2. The van der Waals surface area contributed by atoms with Crippen molar-refractivity contribution in [3.8, 4) is 28.8 Å². The van der Waals surface area contributed by atoms with Gasteiger partial charge < -0.3 is 14.0 Å². The van der Waals surface area contributed by atoms with E-state index in [2.05, 4.69) is 135 Å². The summed E-state index contributed by atoms with van der Waals surface area (Å²) in [4.78, 5) is 4.70. The molecule has 6 nitrogen and oxygen atoms in total. The van der Waals surface area contributed by atoms with Gasteiger partial charge in [0.25, 0.3) is 0 Å². The molecule has 9 rings (SSSR count). The number of pyridine rings is 1. The average Bonchev–Trinajstić information content (AvgIpc) is 3.70. The van der Waals surface area contributed by atoms with Crippen molar-refractivity contribution in [2.24, 2.45) is 0 Å². The van der Waals surface area contributed by atoms with Gasteiger partial charge in [-0.25, -0.2) is 4.98 Å². The number of aryl methyl sites for hydroxylation is 2. The van der Waals surface area contributed by atoms with Crippen LogP contribution in [0.4, 0.5) is 0 Å². The maximum atomic E-state index is 6.58. The van der Waals surface area contributed by atoms with E-state index in [0.29, 0.717) is 17.4 Å². The zero-order chi connectivity index (χ0) is 36.8. The van der Waals surface area contributed by atoms with Crippen molar-refractivity contribution < 1.29 is 30.5 Å². The van der Waals surface area contributed by atoms with Crippen molar-refractivity contribution >= 4 is 27.4 Å². The quantitative estimate of drug-likeness (QED) is 0.143. The second kappa shape index (κ2) is 15.2. The summed E-state index contributed by atoms with van der Waals surface area (Å²) < 4.78 is 16.3. The molecule has 274 valence electrons. The second-order valence-corrected chi connectivity index (χ2v) is 14.1. The zero-order valence-electron chi connectivity index (χ0n) is 31.2. The number of methoxy groups -OCH3 is 1. The van der Waals surface area contributed by atoms with Gasteiger partial charge in [-0.15, -0.1) is 35.7 Å². The molecule has 3 heterocycles. The Bertz CT molecular complexity index is 2680. The van der Waals surface area contributed by atoms with Gasteiger partial charge in [-0.2, -0.15) is 16.7 Å². The van der Waals surface area contributed by atoms with E-state index in [1.54, 1.807) is 13.3 Å². The Balaban J connectivity index is 0.00000427. The van der Waals surface area contributed by atoms with E-state index in [9.17, 15) is 0 Å². The number of ether oxygens (including phenoxy) is 2. The summed E-state index contributed by atoms with van der Waals surface area (Å²) in [5, 5.41) is 7.38. The first-order valence-electron chi connectivity index (χ1n) is 18.5. The third kappa shape index (κ3) is 6.70. The molecule has 0 saturated carbocycles. The third-order valence-electron chi connectivity index (χ3n) is 10.7. The summed E-state index contributed by atoms with van der Waals surface area (Å²) in [6.45, 7) is 6.42. The SMILES string of the molecule is COc1ccnc(-n2c3[c-]c(Oc4[c-]c(-n5nc(C)c(C6C(c7ccccc7)=CCC[C@@H]6c6ccccc6)c5C)cc(C)c4)ccc3c3ccccc32)c1.[Pt+2]. The number of benzene rings is 5. The fourth-order valence-corrected chi connectivity index (χ4v) is 8.38. The average molecular weight is 900 g/mol. The first-order valence-corrected chi connectivity index (χ1v) is 18.5. The van der Waals surface area contributed by atoms with Gasteiger partial charge in [0.15, 0.2) is 0 Å². The van der Waals surface area contributed by atoms with Gasteiger partial charge >= 0.3 is 21.1 Å². The number of para-hydroxylation sites is 1. The van der Waals surface area contributed by atoms with Gasteiger partial charge in [0.05, 0.1) is 12.8 Å².